The Bertz CT molecular complexity index is 636. The maximum atomic E-state index is 11.3. The Hall–Kier alpha value is -1.88. The third kappa shape index (κ3) is 2.21. The summed E-state index contributed by atoms with van der Waals surface area (Å²) < 4.78 is 0. The molecule has 0 bridgehead atoms. The first-order valence-electron chi connectivity index (χ1n) is 6.15. The Morgan fingerprint density at radius 2 is 2.37 bits per heavy atom. The summed E-state index contributed by atoms with van der Waals surface area (Å²) in [5, 5.41) is 11.4. The molecule has 0 saturated carbocycles. The number of carboxylic acid groups (broad SMARTS) is 1. The lowest BCUT2D eigenvalue weighted by Gasteiger charge is -2.30. The van der Waals surface area contributed by atoms with E-state index in [1.54, 1.807) is 11.3 Å². The van der Waals surface area contributed by atoms with Gasteiger partial charge in [-0.1, -0.05) is 0 Å². The van der Waals surface area contributed by atoms with E-state index in [0.717, 1.165) is 30.9 Å². The highest BCUT2D eigenvalue weighted by molar-refractivity contribution is 7.10. The highest BCUT2D eigenvalue weighted by Gasteiger charge is 2.22. The van der Waals surface area contributed by atoms with E-state index in [1.807, 2.05) is 13.0 Å². The van der Waals surface area contributed by atoms with E-state index < -0.39 is 5.97 Å². The van der Waals surface area contributed by atoms with Crippen LogP contribution < -0.4 is 4.90 Å². The molecule has 1 aliphatic heterocycles. The van der Waals surface area contributed by atoms with Crippen molar-refractivity contribution in [3.05, 3.63) is 45.4 Å². The van der Waals surface area contributed by atoms with Gasteiger partial charge in [0.1, 0.15) is 5.56 Å². The average molecular weight is 274 g/mol. The topological polar surface area (TPSA) is 53.4 Å². The van der Waals surface area contributed by atoms with Crippen LogP contribution in [0.3, 0.4) is 0 Å². The molecule has 0 saturated heterocycles. The molecule has 0 atom stereocenters. The van der Waals surface area contributed by atoms with Gasteiger partial charge in [0.15, 0.2) is 0 Å². The molecule has 0 radical (unpaired) electrons. The normalized spacial score (nSPS) is 14.3. The van der Waals surface area contributed by atoms with Crippen molar-refractivity contribution in [1.82, 2.24) is 4.98 Å². The summed E-state index contributed by atoms with van der Waals surface area (Å²) in [5.74, 6) is -0.918. The number of aromatic nitrogens is 1. The summed E-state index contributed by atoms with van der Waals surface area (Å²) in [7, 11) is 0. The summed E-state index contributed by atoms with van der Waals surface area (Å²) in [4.78, 5) is 18.9. The maximum absolute atomic E-state index is 11.3. The van der Waals surface area contributed by atoms with Crippen molar-refractivity contribution in [3.8, 4) is 0 Å². The fourth-order valence-corrected chi connectivity index (χ4v) is 3.32. The zero-order chi connectivity index (χ0) is 13.4. The van der Waals surface area contributed by atoms with Gasteiger partial charge in [-0.25, -0.2) is 4.79 Å². The van der Waals surface area contributed by atoms with E-state index in [1.165, 1.54) is 16.6 Å². The molecule has 0 spiro atoms. The number of aromatic carboxylic acids is 1. The number of thiophene rings is 1. The SMILES string of the molecule is Cc1cc(N2CCc3sccc3C2)c(C(=O)O)cn1. The summed E-state index contributed by atoms with van der Waals surface area (Å²) in [5.41, 5.74) is 3.21. The second kappa shape index (κ2) is 4.66. The minimum absolute atomic E-state index is 0.282. The van der Waals surface area contributed by atoms with Crippen LogP contribution in [0.5, 0.6) is 0 Å². The number of aryl methyl sites for hydroxylation is 1. The van der Waals surface area contributed by atoms with Crippen molar-refractivity contribution >= 4 is 23.0 Å². The molecular formula is C14H14N2O2S. The van der Waals surface area contributed by atoms with E-state index in [2.05, 4.69) is 21.3 Å². The fourth-order valence-electron chi connectivity index (χ4n) is 2.43. The summed E-state index contributed by atoms with van der Waals surface area (Å²) in [6, 6.07) is 3.99. The molecule has 5 heteroatoms. The highest BCUT2D eigenvalue weighted by Crippen LogP contribution is 2.30. The number of carbonyl (C=O) groups is 1. The minimum Gasteiger partial charge on any atom is -0.478 e. The lowest BCUT2D eigenvalue weighted by atomic mass is 10.1. The zero-order valence-electron chi connectivity index (χ0n) is 10.6. The molecule has 0 amide bonds. The first kappa shape index (κ1) is 12.2. The largest absolute Gasteiger partial charge is 0.478 e. The first-order valence-corrected chi connectivity index (χ1v) is 7.03. The van der Waals surface area contributed by atoms with Crippen LogP contribution in [0.25, 0.3) is 0 Å². The van der Waals surface area contributed by atoms with Crippen molar-refractivity contribution in [1.29, 1.82) is 0 Å². The summed E-state index contributed by atoms with van der Waals surface area (Å²) in [6.07, 6.45) is 2.43. The van der Waals surface area contributed by atoms with Crippen LogP contribution in [-0.4, -0.2) is 22.6 Å². The van der Waals surface area contributed by atoms with Gasteiger partial charge in [-0.3, -0.25) is 4.98 Å². The van der Waals surface area contributed by atoms with Gasteiger partial charge in [-0.05, 0) is 36.4 Å². The van der Waals surface area contributed by atoms with Crippen molar-refractivity contribution < 1.29 is 9.90 Å². The van der Waals surface area contributed by atoms with E-state index in [4.69, 9.17) is 0 Å². The summed E-state index contributed by atoms with van der Waals surface area (Å²) >= 11 is 1.78. The molecular weight excluding hydrogens is 260 g/mol. The quantitative estimate of drug-likeness (QED) is 0.915. The molecule has 0 aliphatic carbocycles. The van der Waals surface area contributed by atoms with Gasteiger partial charge in [0, 0.05) is 29.9 Å². The zero-order valence-corrected chi connectivity index (χ0v) is 11.4. The molecule has 2 aromatic heterocycles. The van der Waals surface area contributed by atoms with Crippen molar-refractivity contribution in [2.75, 3.05) is 11.4 Å². The molecule has 3 heterocycles. The molecule has 0 unspecified atom stereocenters. The Balaban J connectivity index is 1.99. The van der Waals surface area contributed by atoms with E-state index in [0.29, 0.717) is 0 Å². The van der Waals surface area contributed by atoms with Crippen LogP contribution in [0.15, 0.2) is 23.7 Å². The second-order valence-corrected chi connectivity index (χ2v) is 5.69. The molecule has 2 aromatic rings. The molecule has 0 aromatic carbocycles. The van der Waals surface area contributed by atoms with Gasteiger partial charge in [0.2, 0.25) is 0 Å². The van der Waals surface area contributed by atoms with Crippen molar-refractivity contribution in [2.24, 2.45) is 0 Å². The number of pyridine rings is 1. The number of anilines is 1. The van der Waals surface area contributed by atoms with Gasteiger partial charge in [-0.2, -0.15) is 0 Å². The van der Waals surface area contributed by atoms with Crippen LogP contribution >= 0.6 is 11.3 Å². The number of hydrogen-bond donors (Lipinski definition) is 1. The third-order valence-corrected chi connectivity index (χ3v) is 4.42. The van der Waals surface area contributed by atoms with Crippen molar-refractivity contribution in [2.45, 2.75) is 19.9 Å². The van der Waals surface area contributed by atoms with Crippen LogP contribution in [0, 0.1) is 6.92 Å². The summed E-state index contributed by atoms with van der Waals surface area (Å²) in [6.45, 7) is 3.52. The number of nitrogens with zero attached hydrogens (tertiary/aromatic N) is 2. The van der Waals surface area contributed by atoms with Gasteiger partial charge >= 0.3 is 5.97 Å². The molecule has 1 aliphatic rings. The number of fused-ring (bicyclic) bond motifs is 1. The van der Waals surface area contributed by atoms with Crippen LogP contribution in [0.2, 0.25) is 0 Å². The number of rotatable bonds is 2. The predicted molar refractivity (Wildman–Crippen MR) is 75.0 cm³/mol. The fraction of sp³-hybridized carbons (Fsp3) is 0.286. The lowest BCUT2D eigenvalue weighted by molar-refractivity contribution is 0.0697. The molecule has 98 valence electrons. The van der Waals surface area contributed by atoms with E-state index in [-0.39, 0.29) is 5.56 Å². The highest BCUT2D eigenvalue weighted by atomic mass is 32.1. The minimum atomic E-state index is -0.918. The Morgan fingerprint density at radius 3 is 3.16 bits per heavy atom. The standard InChI is InChI=1S/C14H14N2O2S/c1-9-6-12(11(7-15-9)14(17)18)16-4-2-13-10(8-16)3-5-19-13/h3,5-7H,2,4,8H2,1H3,(H,17,18). The number of carboxylic acids is 1. The van der Waals surface area contributed by atoms with Gasteiger partial charge < -0.3 is 10.0 Å². The Labute approximate surface area is 115 Å². The maximum Gasteiger partial charge on any atom is 0.339 e. The van der Waals surface area contributed by atoms with Crippen LogP contribution in [0.4, 0.5) is 5.69 Å². The van der Waals surface area contributed by atoms with Gasteiger partial charge in [0.05, 0.1) is 5.69 Å². The monoisotopic (exact) mass is 274 g/mol. The predicted octanol–water partition coefficient (Wildman–Crippen LogP) is 2.71. The van der Waals surface area contributed by atoms with Crippen LogP contribution in [0.1, 0.15) is 26.5 Å². The third-order valence-electron chi connectivity index (χ3n) is 3.40. The molecule has 0 fully saturated rings. The molecule has 4 nitrogen and oxygen atoms in total. The van der Waals surface area contributed by atoms with E-state index in [9.17, 15) is 9.90 Å². The molecule has 1 N–H and O–H groups in total. The van der Waals surface area contributed by atoms with E-state index >= 15 is 0 Å². The first-order chi connectivity index (χ1) is 9.15. The lowest BCUT2D eigenvalue weighted by Crippen LogP contribution is -2.30. The van der Waals surface area contributed by atoms with Gasteiger partial charge in [0.25, 0.3) is 0 Å². The van der Waals surface area contributed by atoms with Crippen molar-refractivity contribution in [3.63, 3.8) is 0 Å². The second-order valence-electron chi connectivity index (χ2n) is 4.69. The van der Waals surface area contributed by atoms with Crippen LogP contribution in [-0.2, 0) is 13.0 Å². The molecule has 3 rings (SSSR count). The smallest absolute Gasteiger partial charge is 0.339 e. The Kier molecular flexibility index (Phi) is 2.98. The van der Waals surface area contributed by atoms with Gasteiger partial charge in [-0.15, -0.1) is 11.3 Å². The average Bonchev–Trinajstić information content (AvgIpc) is 2.85. The molecule has 19 heavy (non-hydrogen) atoms. The number of hydrogen-bond acceptors (Lipinski definition) is 4. The Morgan fingerprint density at radius 1 is 1.53 bits per heavy atom.